The Balaban J connectivity index is 1.86. The number of fused-ring (bicyclic) bond motifs is 1. The highest BCUT2D eigenvalue weighted by molar-refractivity contribution is 6.30. The van der Waals surface area contributed by atoms with E-state index in [2.05, 4.69) is 9.97 Å². The van der Waals surface area contributed by atoms with E-state index in [1.807, 2.05) is 30.3 Å². The number of aromatic nitrogens is 4. The van der Waals surface area contributed by atoms with Gasteiger partial charge < -0.3 is 5.73 Å². The van der Waals surface area contributed by atoms with Crippen LogP contribution < -0.4 is 11.4 Å². The molecule has 0 atom stereocenters. The van der Waals surface area contributed by atoms with Crippen LogP contribution in [0.15, 0.2) is 83.7 Å². The fraction of sp³-hybridized carbons (Fsp3) is 0.0400. The van der Waals surface area contributed by atoms with Crippen molar-refractivity contribution in [3.63, 3.8) is 0 Å². The Morgan fingerprint density at radius 3 is 2.38 bits per heavy atom. The van der Waals surface area contributed by atoms with Crippen molar-refractivity contribution in [1.29, 1.82) is 0 Å². The van der Waals surface area contributed by atoms with Crippen LogP contribution in [0, 0.1) is 5.82 Å². The van der Waals surface area contributed by atoms with E-state index < -0.39 is 17.4 Å². The number of nitrogens with zero attached hydrogens (tertiary/aromatic N) is 4. The molecule has 0 aliphatic heterocycles. The summed E-state index contributed by atoms with van der Waals surface area (Å²) in [7, 11) is 0. The van der Waals surface area contributed by atoms with Gasteiger partial charge in [-0.05, 0) is 42.0 Å². The topological polar surface area (TPSA) is 95.8 Å². The van der Waals surface area contributed by atoms with Crippen molar-refractivity contribution < 1.29 is 9.18 Å². The first-order valence-electron chi connectivity index (χ1n) is 10.3. The average Bonchev–Trinajstić information content (AvgIpc) is 3.11. The maximum absolute atomic E-state index is 13.6. The fourth-order valence-electron chi connectivity index (χ4n) is 3.82. The summed E-state index contributed by atoms with van der Waals surface area (Å²) >= 11 is 6.13. The van der Waals surface area contributed by atoms with Gasteiger partial charge in [0.1, 0.15) is 11.3 Å². The molecule has 5 rings (SSSR count). The number of rotatable bonds is 5. The highest BCUT2D eigenvalue weighted by atomic mass is 35.5. The summed E-state index contributed by atoms with van der Waals surface area (Å²) in [5.74, 6) is -1.08. The Bertz CT molecular complexity index is 1590. The normalized spacial score (nSPS) is 11.1. The highest BCUT2D eigenvalue weighted by Gasteiger charge is 2.24. The lowest BCUT2D eigenvalue weighted by Gasteiger charge is -2.08. The lowest BCUT2D eigenvalue weighted by Crippen LogP contribution is -2.24. The van der Waals surface area contributed by atoms with E-state index in [-0.39, 0.29) is 29.2 Å². The number of carbonyl (C=O) groups excluding carboxylic acids is 1. The van der Waals surface area contributed by atoms with Gasteiger partial charge in [0.2, 0.25) is 0 Å². The smallest absolute Gasteiger partial charge is 0.335 e. The predicted octanol–water partition coefficient (Wildman–Crippen LogP) is 4.19. The molecule has 1 amide bonds. The van der Waals surface area contributed by atoms with Crippen molar-refractivity contribution in [3.05, 3.63) is 111 Å². The van der Waals surface area contributed by atoms with Crippen LogP contribution in [0.3, 0.4) is 0 Å². The lowest BCUT2D eigenvalue weighted by atomic mass is 10.2. The number of carbonyl (C=O) groups is 1. The molecule has 2 aromatic heterocycles. The van der Waals surface area contributed by atoms with Gasteiger partial charge in [0.25, 0.3) is 5.91 Å². The second-order valence-electron chi connectivity index (χ2n) is 7.61. The minimum Gasteiger partial charge on any atom is -0.364 e. The summed E-state index contributed by atoms with van der Waals surface area (Å²) in [6.45, 7) is 0.157. The minimum absolute atomic E-state index is 0.103. The average molecular weight is 474 g/mol. The van der Waals surface area contributed by atoms with E-state index in [4.69, 9.17) is 17.3 Å². The van der Waals surface area contributed by atoms with Crippen molar-refractivity contribution in [2.45, 2.75) is 6.54 Å². The zero-order valence-corrected chi connectivity index (χ0v) is 18.4. The monoisotopic (exact) mass is 473 g/mol. The number of primary amides is 1. The molecule has 2 N–H and O–H groups in total. The van der Waals surface area contributed by atoms with Crippen LogP contribution >= 0.6 is 11.6 Å². The molecule has 0 aliphatic carbocycles. The highest BCUT2D eigenvalue weighted by Crippen LogP contribution is 2.25. The zero-order valence-electron chi connectivity index (χ0n) is 17.7. The van der Waals surface area contributed by atoms with Crippen LogP contribution in [0.4, 0.5) is 4.39 Å². The summed E-state index contributed by atoms with van der Waals surface area (Å²) in [4.78, 5) is 35.2. The first-order chi connectivity index (χ1) is 16.4. The van der Waals surface area contributed by atoms with Gasteiger partial charge >= 0.3 is 5.69 Å². The number of amides is 1. The quantitative estimate of drug-likeness (QED) is 0.414. The summed E-state index contributed by atoms with van der Waals surface area (Å²) in [5, 5.41) is 0.458. The van der Waals surface area contributed by atoms with Gasteiger partial charge in [0.05, 0.1) is 12.2 Å². The number of nitrogens with two attached hydrogens (primary N) is 1. The third kappa shape index (κ3) is 3.84. The fourth-order valence-corrected chi connectivity index (χ4v) is 4.01. The lowest BCUT2D eigenvalue weighted by molar-refractivity contribution is 0.0997. The van der Waals surface area contributed by atoms with E-state index in [1.165, 1.54) is 33.4 Å². The van der Waals surface area contributed by atoms with Gasteiger partial charge in [-0.25, -0.2) is 23.7 Å². The molecule has 3 aromatic carbocycles. The minimum atomic E-state index is -0.811. The van der Waals surface area contributed by atoms with Gasteiger partial charge in [-0.3, -0.25) is 9.36 Å². The molecular weight excluding hydrogens is 457 g/mol. The molecule has 0 unspecified atom stereocenters. The molecule has 0 saturated heterocycles. The Labute approximate surface area is 197 Å². The second-order valence-corrected chi connectivity index (χ2v) is 8.05. The number of hydrogen-bond donors (Lipinski definition) is 1. The van der Waals surface area contributed by atoms with Gasteiger partial charge in [0.15, 0.2) is 17.2 Å². The molecule has 0 radical (unpaired) electrons. The summed E-state index contributed by atoms with van der Waals surface area (Å²) in [6.07, 6.45) is 0. The van der Waals surface area contributed by atoms with Gasteiger partial charge in [-0.2, -0.15) is 0 Å². The van der Waals surface area contributed by atoms with Gasteiger partial charge in [0, 0.05) is 10.6 Å². The Hall–Kier alpha value is -4.30. The molecule has 0 fully saturated rings. The van der Waals surface area contributed by atoms with Crippen molar-refractivity contribution in [2.75, 3.05) is 0 Å². The molecule has 5 aromatic rings. The van der Waals surface area contributed by atoms with E-state index >= 15 is 0 Å². The van der Waals surface area contributed by atoms with Crippen molar-refractivity contribution in [2.24, 2.45) is 5.73 Å². The van der Waals surface area contributed by atoms with Crippen molar-refractivity contribution in [3.8, 4) is 17.1 Å². The van der Waals surface area contributed by atoms with Crippen LogP contribution in [0.5, 0.6) is 0 Å². The van der Waals surface area contributed by atoms with Gasteiger partial charge in [-0.15, -0.1) is 0 Å². The maximum Gasteiger partial charge on any atom is 0.335 e. The van der Waals surface area contributed by atoms with Crippen molar-refractivity contribution >= 4 is 28.7 Å². The molecule has 0 aliphatic rings. The Kier molecular flexibility index (Phi) is 5.43. The standard InChI is InChI=1S/C25H17ClFN5O2/c26-17-8-4-7-16(13-17)23-29-20(22(28)33)21-24(30-23)32(19-11-9-18(27)10-12-19)25(34)31(21)14-15-5-2-1-3-6-15/h1-13H,14H2,(H2,28,33). The molecule has 168 valence electrons. The van der Waals surface area contributed by atoms with Crippen molar-refractivity contribution in [1.82, 2.24) is 19.1 Å². The third-order valence-corrected chi connectivity index (χ3v) is 5.59. The molecular formula is C25H17ClFN5O2. The zero-order chi connectivity index (χ0) is 23.8. The first kappa shape index (κ1) is 21.5. The molecule has 0 saturated carbocycles. The summed E-state index contributed by atoms with van der Waals surface area (Å²) in [6, 6.07) is 21.5. The van der Waals surface area contributed by atoms with Gasteiger partial charge in [-0.1, -0.05) is 54.1 Å². The van der Waals surface area contributed by atoms with Crippen LogP contribution in [-0.4, -0.2) is 25.0 Å². The van der Waals surface area contributed by atoms with E-state index in [1.54, 1.807) is 24.3 Å². The molecule has 7 nitrogen and oxygen atoms in total. The molecule has 34 heavy (non-hydrogen) atoms. The SMILES string of the molecule is NC(=O)c1nc(-c2cccc(Cl)c2)nc2c1n(Cc1ccccc1)c(=O)n2-c1ccc(F)cc1. The van der Waals surface area contributed by atoms with Crippen LogP contribution in [0.2, 0.25) is 5.02 Å². The number of imidazole rings is 1. The molecule has 0 bridgehead atoms. The van der Waals surface area contributed by atoms with Crippen LogP contribution in [-0.2, 0) is 6.54 Å². The molecule has 2 heterocycles. The van der Waals surface area contributed by atoms with E-state index in [0.717, 1.165) is 5.56 Å². The van der Waals surface area contributed by atoms with Crippen LogP contribution in [0.1, 0.15) is 16.1 Å². The molecule has 9 heteroatoms. The first-order valence-corrected chi connectivity index (χ1v) is 10.7. The maximum atomic E-state index is 13.6. The second kappa shape index (κ2) is 8.57. The molecule has 0 spiro atoms. The summed E-state index contributed by atoms with van der Waals surface area (Å²) in [5.41, 5.74) is 7.26. The number of hydrogen-bond acceptors (Lipinski definition) is 4. The summed E-state index contributed by atoms with van der Waals surface area (Å²) < 4.78 is 16.3. The number of halogens is 2. The predicted molar refractivity (Wildman–Crippen MR) is 128 cm³/mol. The Morgan fingerprint density at radius 2 is 1.71 bits per heavy atom. The largest absolute Gasteiger partial charge is 0.364 e. The third-order valence-electron chi connectivity index (χ3n) is 5.35. The van der Waals surface area contributed by atoms with Crippen LogP contribution in [0.25, 0.3) is 28.2 Å². The number of benzene rings is 3. The van der Waals surface area contributed by atoms with E-state index in [0.29, 0.717) is 16.3 Å². The Morgan fingerprint density at radius 1 is 0.971 bits per heavy atom. The van der Waals surface area contributed by atoms with E-state index in [9.17, 15) is 14.0 Å².